The van der Waals surface area contributed by atoms with Gasteiger partial charge < -0.3 is 5.73 Å². The third-order valence-electron chi connectivity index (χ3n) is 2.67. The zero-order chi connectivity index (χ0) is 12.6. The third-order valence-corrected chi connectivity index (χ3v) is 4.60. The molecule has 1 aromatic heterocycles. The van der Waals surface area contributed by atoms with Gasteiger partial charge in [-0.1, -0.05) is 22.0 Å². The van der Waals surface area contributed by atoms with Crippen LogP contribution in [-0.4, -0.2) is 0 Å². The van der Waals surface area contributed by atoms with Crippen molar-refractivity contribution in [2.45, 2.75) is 19.9 Å². The molecule has 2 rings (SSSR count). The SMILES string of the molecule is Cc1cc(C)c(C(N)c2c(F)cccc2Br)s1. The lowest BCUT2D eigenvalue weighted by molar-refractivity contribution is 0.599. The molecule has 1 heterocycles. The Morgan fingerprint density at radius 2 is 2.06 bits per heavy atom. The van der Waals surface area contributed by atoms with Crippen LogP contribution in [0.15, 0.2) is 28.7 Å². The summed E-state index contributed by atoms with van der Waals surface area (Å²) in [6.07, 6.45) is 0. The molecule has 0 aliphatic heterocycles. The topological polar surface area (TPSA) is 26.0 Å². The fourth-order valence-corrected chi connectivity index (χ4v) is 3.54. The molecule has 4 heteroatoms. The molecule has 0 radical (unpaired) electrons. The first-order valence-corrected chi connectivity index (χ1v) is 6.88. The normalized spacial score (nSPS) is 12.8. The van der Waals surface area contributed by atoms with Gasteiger partial charge in [-0.3, -0.25) is 0 Å². The Hall–Kier alpha value is -0.710. The van der Waals surface area contributed by atoms with Gasteiger partial charge >= 0.3 is 0 Å². The predicted molar refractivity (Wildman–Crippen MR) is 73.9 cm³/mol. The maximum atomic E-state index is 13.8. The zero-order valence-electron chi connectivity index (χ0n) is 9.63. The number of aryl methyl sites for hydroxylation is 2. The van der Waals surface area contributed by atoms with E-state index in [0.29, 0.717) is 5.56 Å². The number of thiophene rings is 1. The Kier molecular flexibility index (Phi) is 3.66. The average molecular weight is 314 g/mol. The van der Waals surface area contributed by atoms with E-state index >= 15 is 0 Å². The van der Waals surface area contributed by atoms with E-state index in [1.807, 2.05) is 19.9 Å². The van der Waals surface area contributed by atoms with Crippen LogP contribution in [0, 0.1) is 19.7 Å². The number of rotatable bonds is 2. The van der Waals surface area contributed by atoms with Crippen molar-refractivity contribution in [1.29, 1.82) is 0 Å². The van der Waals surface area contributed by atoms with Crippen LogP contribution in [0.3, 0.4) is 0 Å². The minimum atomic E-state index is -0.413. The van der Waals surface area contributed by atoms with Gasteiger partial charge in [0.15, 0.2) is 0 Å². The lowest BCUT2D eigenvalue weighted by atomic mass is 10.0. The Morgan fingerprint density at radius 3 is 2.59 bits per heavy atom. The van der Waals surface area contributed by atoms with Crippen molar-refractivity contribution >= 4 is 27.3 Å². The molecule has 17 heavy (non-hydrogen) atoms. The zero-order valence-corrected chi connectivity index (χ0v) is 12.0. The van der Waals surface area contributed by atoms with Crippen molar-refractivity contribution in [2.24, 2.45) is 5.73 Å². The fourth-order valence-electron chi connectivity index (χ4n) is 1.91. The van der Waals surface area contributed by atoms with E-state index < -0.39 is 6.04 Å². The van der Waals surface area contributed by atoms with E-state index in [0.717, 1.165) is 14.9 Å². The summed E-state index contributed by atoms with van der Waals surface area (Å²) in [5.74, 6) is -0.266. The summed E-state index contributed by atoms with van der Waals surface area (Å²) >= 11 is 4.98. The molecular weight excluding hydrogens is 301 g/mol. The molecule has 0 bridgehead atoms. The second kappa shape index (κ2) is 4.88. The lowest BCUT2D eigenvalue weighted by Crippen LogP contribution is -2.14. The van der Waals surface area contributed by atoms with Crippen molar-refractivity contribution in [1.82, 2.24) is 0 Å². The maximum absolute atomic E-state index is 13.8. The van der Waals surface area contributed by atoms with E-state index in [9.17, 15) is 4.39 Å². The van der Waals surface area contributed by atoms with Crippen LogP contribution in [0.4, 0.5) is 4.39 Å². The second-order valence-electron chi connectivity index (χ2n) is 4.02. The quantitative estimate of drug-likeness (QED) is 0.878. The van der Waals surface area contributed by atoms with Crippen LogP contribution in [-0.2, 0) is 0 Å². The van der Waals surface area contributed by atoms with Crippen LogP contribution in [0.5, 0.6) is 0 Å². The average Bonchev–Trinajstić information content (AvgIpc) is 2.57. The first-order chi connectivity index (χ1) is 8.00. The molecule has 0 saturated carbocycles. The summed E-state index contributed by atoms with van der Waals surface area (Å²) in [5.41, 5.74) is 7.82. The monoisotopic (exact) mass is 313 g/mol. The van der Waals surface area contributed by atoms with E-state index in [-0.39, 0.29) is 5.82 Å². The molecule has 2 aromatic rings. The van der Waals surface area contributed by atoms with Crippen LogP contribution in [0.25, 0.3) is 0 Å². The molecule has 90 valence electrons. The highest BCUT2D eigenvalue weighted by Gasteiger charge is 2.19. The van der Waals surface area contributed by atoms with Crippen LogP contribution < -0.4 is 5.73 Å². The van der Waals surface area contributed by atoms with Gasteiger partial charge in [-0.2, -0.15) is 0 Å². The van der Waals surface area contributed by atoms with Gasteiger partial charge in [0.2, 0.25) is 0 Å². The molecule has 1 atom stereocenters. The summed E-state index contributed by atoms with van der Waals surface area (Å²) in [4.78, 5) is 2.22. The van der Waals surface area contributed by atoms with E-state index in [2.05, 4.69) is 22.0 Å². The number of hydrogen-bond acceptors (Lipinski definition) is 2. The van der Waals surface area contributed by atoms with E-state index in [1.54, 1.807) is 17.4 Å². The first-order valence-electron chi connectivity index (χ1n) is 5.27. The highest BCUT2D eigenvalue weighted by molar-refractivity contribution is 9.10. The van der Waals surface area contributed by atoms with Gasteiger partial charge in [0, 0.05) is 19.8 Å². The van der Waals surface area contributed by atoms with Gasteiger partial charge in [0.25, 0.3) is 0 Å². The number of halogens is 2. The molecule has 0 saturated heterocycles. The predicted octanol–water partition coefficient (Wildman–Crippen LogP) is 4.31. The van der Waals surface area contributed by atoms with E-state index in [4.69, 9.17) is 5.73 Å². The van der Waals surface area contributed by atoms with Gasteiger partial charge in [0.05, 0.1) is 6.04 Å². The summed E-state index contributed by atoms with van der Waals surface area (Å²) in [5, 5.41) is 0. The van der Waals surface area contributed by atoms with Crippen molar-refractivity contribution < 1.29 is 4.39 Å². The summed E-state index contributed by atoms with van der Waals surface area (Å²) in [6, 6.07) is 6.59. The fraction of sp³-hybridized carbons (Fsp3) is 0.231. The Morgan fingerprint density at radius 1 is 1.35 bits per heavy atom. The number of nitrogens with two attached hydrogens (primary N) is 1. The van der Waals surface area contributed by atoms with Crippen LogP contribution >= 0.6 is 27.3 Å². The molecule has 0 fully saturated rings. The highest BCUT2D eigenvalue weighted by atomic mass is 79.9. The molecule has 1 aromatic carbocycles. The highest BCUT2D eigenvalue weighted by Crippen LogP contribution is 2.34. The molecule has 0 amide bonds. The lowest BCUT2D eigenvalue weighted by Gasteiger charge is -2.14. The molecule has 2 N–H and O–H groups in total. The van der Waals surface area contributed by atoms with Crippen LogP contribution in [0.1, 0.15) is 26.9 Å². The minimum Gasteiger partial charge on any atom is -0.319 e. The van der Waals surface area contributed by atoms with Crippen molar-refractivity contribution in [3.8, 4) is 0 Å². The van der Waals surface area contributed by atoms with Crippen LogP contribution in [0.2, 0.25) is 0 Å². The molecule has 1 nitrogen and oxygen atoms in total. The molecular formula is C13H13BrFNS. The van der Waals surface area contributed by atoms with Crippen molar-refractivity contribution in [3.05, 3.63) is 55.4 Å². The van der Waals surface area contributed by atoms with Crippen molar-refractivity contribution in [3.63, 3.8) is 0 Å². The summed E-state index contributed by atoms with van der Waals surface area (Å²) in [7, 11) is 0. The molecule has 1 unspecified atom stereocenters. The van der Waals surface area contributed by atoms with Gasteiger partial charge in [-0.25, -0.2) is 4.39 Å². The first kappa shape index (κ1) is 12.7. The smallest absolute Gasteiger partial charge is 0.129 e. The molecule has 0 spiro atoms. The summed E-state index contributed by atoms with van der Waals surface area (Å²) in [6.45, 7) is 4.04. The Bertz CT molecular complexity index is 530. The minimum absolute atomic E-state index is 0.266. The van der Waals surface area contributed by atoms with E-state index in [1.165, 1.54) is 10.9 Å². The Balaban J connectivity index is 2.51. The Labute approximate surface area is 113 Å². The van der Waals surface area contributed by atoms with Gasteiger partial charge in [-0.15, -0.1) is 11.3 Å². The maximum Gasteiger partial charge on any atom is 0.129 e. The van der Waals surface area contributed by atoms with Gasteiger partial charge in [0.1, 0.15) is 5.82 Å². The molecule has 0 aliphatic carbocycles. The largest absolute Gasteiger partial charge is 0.319 e. The third kappa shape index (κ3) is 2.44. The number of benzene rings is 1. The standard InChI is InChI=1S/C13H13BrFNS/c1-7-6-8(2)17-13(7)12(16)11-9(14)4-3-5-10(11)15/h3-6,12H,16H2,1-2H3. The second-order valence-corrected chi connectivity index (χ2v) is 6.16. The van der Waals surface area contributed by atoms with Gasteiger partial charge in [-0.05, 0) is 37.6 Å². The molecule has 0 aliphatic rings. The van der Waals surface area contributed by atoms with Crippen molar-refractivity contribution in [2.75, 3.05) is 0 Å². The number of hydrogen-bond donors (Lipinski definition) is 1. The summed E-state index contributed by atoms with van der Waals surface area (Å²) < 4.78 is 14.5.